The van der Waals surface area contributed by atoms with Crippen molar-refractivity contribution in [2.24, 2.45) is 0 Å². The molecule has 0 atom stereocenters. The second-order valence-electron chi connectivity index (χ2n) is 9.01. The third-order valence-electron chi connectivity index (χ3n) is 6.33. The van der Waals surface area contributed by atoms with Gasteiger partial charge in [-0.25, -0.2) is 14.4 Å². The molecule has 3 aromatic rings. The maximum absolute atomic E-state index is 13.6. The normalized spacial score (nSPS) is 15.0. The number of rotatable bonds is 6. The summed E-state index contributed by atoms with van der Waals surface area (Å²) < 4.78 is 19.5. The molecular weight excluding hydrogens is 465 g/mol. The Hall–Kier alpha value is -2.92. The lowest BCUT2D eigenvalue weighted by atomic mass is 10.0. The number of nitrogens with zero attached hydrogens (tertiary/aromatic N) is 4. The van der Waals surface area contributed by atoms with Gasteiger partial charge in [-0.05, 0) is 51.6 Å². The number of anilines is 2. The highest BCUT2D eigenvalue weighted by Gasteiger charge is 2.28. The molecule has 0 unspecified atom stereocenters. The molecule has 8 heteroatoms. The smallest absolute Gasteiger partial charge is 0.141 e. The molecule has 1 fully saturated rings. The predicted molar refractivity (Wildman–Crippen MR) is 140 cm³/mol. The van der Waals surface area contributed by atoms with E-state index in [-0.39, 0.29) is 10.6 Å². The van der Waals surface area contributed by atoms with Gasteiger partial charge in [0.05, 0.1) is 28.2 Å². The number of fused-ring (bicyclic) bond motifs is 1. The van der Waals surface area contributed by atoms with Crippen LogP contribution in [0.3, 0.4) is 0 Å². The molecule has 0 amide bonds. The molecule has 1 N–H and O–H groups in total. The highest BCUT2D eigenvalue weighted by Crippen LogP contribution is 2.31. The number of ether oxygens (including phenoxy) is 1. The first-order chi connectivity index (χ1) is 16.8. The van der Waals surface area contributed by atoms with Gasteiger partial charge in [0.25, 0.3) is 0 Å². The molecule has 4 rings (SSSR count). The van der Waals surface area contributed by atoms with Crippen LogP contribution < -0.4 is 10.1 Å². The van der Waals surface area contributed by atoms with Gasteiger partial charge < -0.3 is 15.0 Å². The van der Waals surface area contributed by atoms with Gasteiger partial charge in [0.2, 0.25) is 0 Å². The Bertz CT molecular complexity index is 1260. The van der Waals surface area contributed by atoms with E-state index in [9.17, 15) is 4.39 Å². The van der Waals surface area contributed by atoms with E-state index in [4.69, 9.17) is 16.3 Å². The quantitative estimate of drug-likeness (QED) is 0.466. The Morgan fingerprint density at radius 3 is 2.57 bits per heavy atom. The fraction of sp³-hybridized carbons (Fsp3) is 0.407. The minimum absolute atomic E-state index is 0.0422. The van der Waals surface area contributed by atoms with Crippen LogP contribution in [0.4, 0.5) is 15.9 Å². The van der Waals surface area contributed by atoms with Crippen LogP contribution in [-0.4, -0.2) is 64.6 Å². The maximum atomic E-state index is 13.6. The molecule has 2 aromatic carbocycles. The van der Waals surface area contributed by atoms with E-state index in [0.29, 0.717) is 23.9 Å². The number of halogens is 2. The van der Waals surface area contributed by atoms with Gasteiger partial charge in [0, 0.05) is 43.3 Å². The Kier molecular flexibility index (Phi) is 7.75. The lowest BCUT2D eigenvalue weighted by Crippen LogP contribution is -2.54. The summed E-state index contributed by atoms with van der Waals surface area (Å²) in [6, 6.07) is 8.30. The van der Waals surface area contributed by atoms with Gasteiger partial charge in [-0.2, -0.15) is 0 Å². The second-order valence-corrected chi connectivity index (χ2v) is 9.41. The number of aromatic nitrogens is 2. The topological polar surface area (TPSA) is 53.5 Å². The SMILES string of the molecule is CCOc1cc2ncnc(Nc3ccc(F)c(Cl)c3)c2cc1C#CC(C)(C)N1CCN(CC)CC1. The number of piperazine rings is 1. The molecule has 6 nitrogen and oxygen atoms in total. The molecule has 0 spiro atoms. The zero-order chi connectivity index (χ0) is 25.0. The van der Waals surface area contributed by atoms with Crippen molar-refractivity contribution in [3.63, 3.8) is 0 Å². The van der Waals surface area contributed by atoms with E-state index >= 15 is 0 Å². The summed E-state index contributed by atoms with van der Waals surface area (Å²) in [7, 11) is 0. The lowest BCUT2D eigenvalue weighted by molar-refractivity contribution is 0.0840. The molecule has 0 bridgehead atoms. The third kappa shape index (κ3) is 5.84. The van der Waals surface area contributed by atoms with Crippen molar-refractivity contribution < 1.29 is 9.13 Å². The Labute approximate surface area is 211 Å². The Morgan fingerprint density at radius 2 is 1.89 bits per heavy atom. The van der Waals surface area contributed by atoms with Gasteiger partial charge >= 0.3 is 0 Å². The molecular formula is C27H31ClFN5O. The van der Waals surface area contributed by atoms with Crippen LogP contribution in [-0.2, 0) is 0 Å². The number of likely N-dealkylation sites (N-methyl/N-ethyl adjacent to an activating group) is 1. The van der Waals surface area contributed by atoms with E-state index in [0.717, 1.165) is 49.2 Å². The number of nitrogens with one attached hydrogen (secondary N) is 1. The average Bonchev–Trinajstić information content (AvgIpc) is 2.85. The van der Waals surface area contributed by atoms with Crippen molar-refractivity contribution >= 4 is 34.0 Å². The minimum Gasteiger partial charge on any atom is -0.492 e. The van der Waals surface area contributed by atoms with Crippen LogP contribution in [0.25, 0.3) is 10.9 Å². The van der Waals surface area contributed by atoms with Crippen LogP contribution >= 0.6 is 11.6 Å². The van der Waals surface area contributed by atoms with E-state index < -0.39 is 5.82 Å². The lowest BCUT2D eigenvalue weighted by Gasteiger charge is -2.41. The molecule has 1 aliphatic heterocycles. The van der Waals surface area contributed by atoms with Crippen LogP contribution in [0, 0.1) is 17.7 Å². The standard InChI is InChI=1S/C27H31ClFN5O/c1-5-33-11-13-34(14-12-33)27(3,4)10-9-19-15-21-24(17-25(19)35-6-2)30-18-31-26(21)32-20-7-8-23(29)22(28)16-20/h7-8,15-18H,5-6,11-14H2,1-4H3,(H,30,31,32). The Balaban J connectivity index is 1.68. The Morgan fingerprint density at radius 1 is 1.11 bits per heavy atom. The fourth-order valence-corrected chi connectivity index (χ4v) is 4.37. The molecule has 184 valence electrons. The van der Waals surface area contributed by atoms with Gasteiger partial charge in [0.15, 0.2) is 0 Å². The van der Waals surface area contributed by atoms with Crippen molar-refractivity contribution in [3.05, 3.63) is 53.1 Å². The highest BCUT2D eigenvalue weighted by molar-refractivity contribution is 6.31. The average molecular weight is 496 g/mol. The van der Waals surface area contributed by atoms with Crippen molar-refractivity contribution in [1.29, 1.82) is 0 Å². The zero-order valence-corrected chi connectivity index (χ0v) is 21.4. The van der Waals surface area contributed by atoms with E-state index in [1.54, 1.807) is 6.07 Å². The summed E-state index contributed by atoms with van der Waals surface area (Å²) in [5.41, 5.74) is 1.84. The summed E-state index contributed by atoms with van der Waals surface area (Å²) >= 11 is 5.95. The van der Waals surface area contributed by atoms with Gasteiger partial charge in [0.1, 0.15) is 23.7 Å². The first-order valence-corrected chi connectivity index (χ1v) is 12.3. The summed E-state index contributed by atoms with van der Waals surface area (Å²) in [5.74, 6) is 7.66. The van der Waals surface area contributed by atoms with Crippen molar-refractivity contribution in [1.82, 2.24) is 19.8 Å². The first-order valence-electron chi connectivity index (χ1n) is 11.9. The second kappa shape index (κ2) is 10.8. The highest BCUT2D eigenvalue weighted by atomic mass is 35.5. The summed E-state index contributed by atoms with van der Waals surface area (Å²) in [6.45, 7) is 14.2. The van der Waals surface area contributed by atoms with E-state index in [1.807, 2.05) is 19.1 Å². The molecule has 1 saturated heterocycles. The summed E-state index contributed by atoms with van der Waals surface area (Å²) in [5, 5.41) is 4.05. The molecule has 1 aromatic heterocycles. The molecule has 0 saturated carbocycles. The number of benzene rings is 2. The monoisotopic (exact) mass is 495 g/mol. The van der Waals surface area contributed by atoms with Crippen LogP contribution in [0.15, 0.2) is 36.7 Å². The zero-order valence-electron chi connectivity index (χ0n) is 20.7. The molecule has 0 radical (unpaired) electrons. The van der Waals surface area contributed by atoms with Crippen molar-refractivity contribution in [2.75, 3.05) is 44.6 Å². The number of hydrogen-bond donors (Lipinski definition) is 1. The van der Waals surface area contributed by atoms with Gasteiger partial charge in [-0.1, -0.05) is 30.4 Å². The van der Waals surface area contributed by atoms with Gasteiger partial charge in [-0.15, -0.1) is 0 Å². The third-order valence-corrected chi connectivity index (χ3v) is 6.62. The summed E-state index contributed by atoms with van der Waals surface area (Å²) in [4.78, 5) is 13.7. The number of hydrogen-bond acceptors (Lipinski definition) is 6. The van der Waals surface area contributed by atoms with E-state index in [2.05, 4.69) is 57.7 Å². The van der Waals surface area contributed by atoms with E-state index in [1.165, 1.54) is 18.5 Å². The fourth-order valence-electron chi connectivity index (χ4n) is 4.19. The van der Waals surface area contributed by atoms with Crippen molar-refractivity contribution in [3.8, 4) is 17.6 Å². The minimum atomic E-state index is -0.470. The largest absolute Gasteiger partial charge is 0.492 e. The van der Waals surface area contributed by atoms with Crippen molar-refractivity contribution in [2.45, 2.75) is 33.2 Å². The van der Waals surface area contributed by atoms with Crippen LogP contribution in [0.5, 0.6) is 5.75 Å². The van der Waals surface area contributed by atoms with Crippen LogP contribution in [0.2, 0.25) is 5.02 Å². The molecule has 0 aliphatic carbocycles. The summed E-state index contributed by atoms with van der Waals surface area (Å²) in [6.07, 6.45) is 1.48. The maximum Gasteiger partial charge on any atom is 0.141 e. The predicted octanol–water partition coefficient (Wildman–Crippen LogP) is 5.33. The van der Waals surface area contributed by atoms with Crippen LogP contribution in [0.1, 0.15) is 33.3 Å². The molecule has 2 heterocycles. The molecule has 1 aliphatic rings. The van der Waals surface area contributed by atoms with Gasteiger partial charge in [-0.3, -0.25) is 4.90 Å². The molecule has 35 heavy (non-hydrogen) atoms. The first kappa shape index (κ1) is 25.2.